The Morgan fingerprint density at radius 1 is 0.309 bits per heavy atom. The van der Waals surface area contributed by atoms with Gasteiger partial charge in [0.2, 0.25) is 0 Å². The van der Waals surface area contributed by atoms with Crippen molar-refractivity contribution < 1.29 is 0 Å². The maximum Gasteiger partial charge on any atom is 0.0979 e. The second-order valence-corrected chi connectivity index (χ2v) is 13.8. The third kappa shape index (κ3) is 6.08. The summed E-state index contributed by atoms with van der Waals surface area (Å²) in [4.78, 5) is 13.2. The molecule has 10 rings (SSSR count). The lowest BCUT2D eigenvalue weighted by atomic mass is 9.98. The average Bonchev–Trinajstić information content (AvgIpc) is 3.27. The number of nitrogens with zero attached hydrogens (tertiary/aromatic N) is 3. The minimum absolute atomic E-state index is 0.868. The largest absolute Gasteiger partial charge is 0.310 e. The van der Waals surface area contributed by atoms with Gasteiger partial charge in [0.25, 0.3) is 0 Å². The topological polar surface area (TPSA) is 29.0 Å². The fourth-order valence-electron chi connectivity index (χ4n) is 7.74. The van der Waals surface area contributed by atoms with Gasteiger partial charge in [-0.15, -0.1) is 0 Å². The van der Waals surface area contributed by atoms with Crippen molar-refractivity contribution in [1.29, 1.82) is 0 Å². The number of rotatable bonds is 7. The standard InChI is InChI=1S/C52H35N3/c1-5-15-36(16-6-1)42-23-13-25-44(33-42)55(45-26-14-24-43(34-45)37-17-7-2-8-18-37)46-31-29-38-27-28-39-30-32-48-52(49(39)47(38)35-46)54-51(41-21-11-4-12-22-41)50(53-48)40-19-9-3-10-20-40/h1-35H. The number of benzene rings is 9. The van der Waals surface area contributed by atoms with Gasteiger partial charge in [-0.1, -0.05) is 170 Å². The van der Waals surface area contributed by atoms with Crippen LogP contribution >= 0.6 is 0 Å². The summed E-state index contributed by atoms with van der Waals surface area (Å²) in [7, 11) is 0. The summed E-state index contributed by atoms with van der Waals surface area (Å²) in [5.41, 5.74) is 13.5. The molecule has 1 aromatic heterocycles. The van der Waals surface area contributed by atoms with Crippen molar-refractivity contribution >= 4 is 49.6 Å². The maximum atomic E-state index is 5.51. The van der Waals surface area contributed by atoms with Gasteiger partial charge in [-0.3, -0.25) is 0 Å². The Morgan fingerprint density at radius 3 is 1.31 bits per heavy atom. The lowest BCUT2D eigenvalue weighted by Crippen LogP contribution is -2.10. The molecule has 0 fully saturated rings. The van der Waals surface area contributed by atoms with Gasteiger partial charge in [-0.05, 0) is 80.9 Å². The van der Waals surface area contributed by atoms with Gasteiger partial charge in [-0.25, -0.2) is 9.97 Å². The molecule has 258 valence electrons. The second-order valence-electron chi connectivity index (χ2n) is 13.8. The van der Waals surface area contributed by atoms with Crippen molar-refractivity contribution in [2.24, 2.45) is 0 Å². The Bertz CT molecular complexity index is 2880. The van der Waals surface area contributed by atoms with E-state index in [2.05, 4.69) is 205 Å². The lowest BCUT2D eigenvalue weighted by Gasteiger charge is -2.27. The Morgan fingerprint density at radius 2 is 0.745 bits per heavy atom. The van der Waals surface area contributed by atoms with Crippen LogP contribution in [-0.2, 0) is 0 Å². The molecule has 0 N–H and O–H groups in total. The SMILES string of the molecule is c1ccc(-c2cccc(N(c3cccc(-c4ccccc4)c3)c3ccc4ccc5ccc6nc(-c7ccccc7)c(-c7ccccc7)nc6c5c4c3)c2)cc1. The first-order valence-electron chi connectivity index (χ1n) is 18.7. The summed E-state index contributed by atoms with van der Waals surface area (Å²) in [6.45, 7) is 0. The van der Waals surface area contributed by atoms with E-state index >= 15 is 0 Å². The predicted octanol–water partition coefficient (Wildman–Crippen LogP) is 14.1. The minimum atomic E-state index is 0.868. The fraction of sp³-hybridized carbons (Fsp3) is 0. The van der Waals surface area contributed by atoms with Gasteiger partial charge in [0.1, 0.15) is 0 Å². The van der Waals surface area contributed by atoms with E-state index in [1.165, 1.54) is 11.1 Å². The summed E-state index contributed by atoms with van der Waals surface area (Å²) < 4.78 is 0. The van der Waals surface area contributed by atoms with Gasteiger partial charge in [0.15, 0.2) is 0 Å². The van der Waals surface area contributed by atoms with E-state index in [0.29, 0.717) is 0 Å². The van der Waals surface area contributed by atoms with E-state index in [1.807, 2.05) is 12.1 Å². The molecular formula is C52H35N3. The number of aromatic nitrogens is 2. The smallest absolute Gasteiger partial charge is 0.0979 e. The monoisotopic (exact) mass is 701 g/mol. The Labute approximate surface area is 320 Å². The molecular weight excluding hydrogens is 667 g/mol. The molecule has 0 atom stereocenters. The quantitative estimate of drug-likeness (QED) is 0.155. The van der Waals surface area contributed by atoms with E-state index in [0.717, 1.165) is 83.3 Å². The second kappa shape index (κ2) is 13.9. The molecule has 9 aromatic carbocycles. The molecule has 3 nitrogen and oxygen atoms in total. The Hall–Kier alpha value is -7.36. The fourth-order valence-corrected chi connectivity index (χ4v) is 7.74. The molecule has 0 spiro atoms. The molecule has 1 heterocycles. The van der Waals surface area contributed by atoms with Gasteiger partial charge >= 0.3 is 0 Å². The number of hydrogen-bond acceptors (Lipinski definition) is 3. The van der Waals surface area contributed by atoms with E-state index in [1.54, 1.807) is 0 Å². The van der Waals surface area contributed by atoms with Crippen LogP contribution in [0.25, 0.3) is 77.3 Å². The van der Waals surface area contributed by atoms with Crippen LogP contribution in [0, 0.1) is 0 Å². The maximum absolute atomic E-state index is 5.51. The molecule has 0 radical (unpaired) electrons. The Balaban J connectivity index is 1.22. The summed E-state index contributed by atoms with van der Waals surface area (Å²) in [6, 6.07) is 75.1. The van der Waals surface area contributed by atoms with Crippen molar-refractivity contribution in [2.45, 2.75) is 0 Å². The highest BCUT2D eigenvalue weighted by Crippen LogP contribution is 2.42. The van der Waals surface area contributed by atoms with Crippen LogP contribution in [0.15, 0.2) is 212 Å². The van der Waals surface area contributed by atoms with Crippen LogP contribution in [0.4, 0.5) is 17.1 Å². The number of anilines is 3. The summed E-state index contributed by atoms with van der Waals surface area (Å²) in [6.07, 6.45) is 0. The highest BCUT2D eigenvalue weighted by atomic mass is 15.1. The summed E-state index contributed by atoms with van der Waals surface area (Å²) in [5.74, 6) is 0. The molecule has 0 aliphatic heterocycles. The molecule has 55 heavy (non-hydrogen) atoms. The van der Waals surface area contributed by atoms with E-state index in [9.17, 15) is 0 Å². The van der Waals surface area contributed by atoms with Gasteiger partial charge in [0.05, 0.1) is 22.4 Å². The molecule has 0 amide bonds. The zero-order valence-electron chi connectivity index (χ0n) is 30.0. The first kappa shape index (κ1) is 32.3. The third-order valence-corrected chi connectivity index (χ3v) is 10.4. The molecule has 0 aliphatic rings. The van der Waals surface area contributed by atoms with Crippen molar-refractivity contribution in [3.8, 4) is 44.8 Å². The van der Waals surface area contributed by atoms with Crippen LogP contribution in [0.3, 0.4) is 0 Å². The highest BCUT2D eigenvalue weighted by molar-refractivity contribution is 6.19. The first-order valence-corrected chi connectivity index (χ1v) is 18.7. The molecule has 0 saturated carbocycles. The zero-order valence-corrected chi connectivity index (χ0v) is 30.0. The first-order chi connectivity index (χ1) is 27.3. The lowest BCUT2D eigenvalue weighted by molar-refractivity contribution is 1.29. The zero-order chi connectivity index (χ0) is 36.6. The Kier molecular flexibility index (Phi) is 8.16. The minimum Gasteiger partial charge on any atom is -0.310 e. The molecule has 0 saturated heterocycles. The van der Waals surface area contributed by atoms with Gasteiger partial charge < -0.3 is 4.90 Å². The summed E-state index contributed by atoms with van der Waals surface area (Å²) in [5, 5.41) is 4.50. The van der Waals surface area contributed by atoms with Crippen molar-refractivity contribution in [3.05, 3.63) is 212 Å². The van der Waals surface area contributed by atoms with Crippen molar-refractivity contribution in [2.75, 3.05) is 4.90 Å². The van der Waals surface area contributed by atoms with Crippen LogP contribution in [-0.4, -0.2) is 9.97 Å². The normalized spacial score (nSPS) is 11.3. The molecule has 0 bridgehead atoms. The number of hydrogen-bond donors (Lipinski definition) is 0. The molecule has 0 unspecified atom stereocenters. The molecule has 3 heteroatoms. The highest BCUT2D eigenvalue weighted by Gasteiger charge is 2.19. The number of fused-ring (bicyclic) bond motifs is 5. The summed E-state index contributed by atoms with van der Waals surface area (Å²) >= 11 is 0. The van der Waals surface area contributed by atoms with Crippen LogP contribution in [0.5, 0.6) is 0 Å². The molecule has 10 aromatic rings. The van der Waals surface area contributed by atoms with Crippen molar-refractivity contribution in [3.63, 3.8) is 0 Å². The third-order valence-electron chi connectivity index (χ3n) is 10.4. The predicted molar refractivity (Wildman–Crippen MR) is 231 cm³/mol. The van der Waals surface area contributed by atoms with E-state index in [-0.39, 0.29) is 0 Å². The van der Waals surface area contributed by atoms with E-state index < -0.39 is 0 Å². The van der Waals surface area contributed by atoms with Crippen LogP contribution < -0.4 is 4.90 Å². The van der Waals surface area contributed by atoms with Gasteiger partial charge in [-0.2, -0.15) is 0 Å². The van der Waals surface area contributed by atoms with Crippen LogP contribution in [0.2, 0.25) is 0 Å². The van der Waals surface area contributed by atoms with E-state index in [4.69, 9.17) is 9.97 Å². The van der Waals surface area contributed by atoms with Crippen molar-refractivity contribution in [1.82, 2.24) is 9.97 Å². The van der Waals surface area contributed by atoms with Crippen LogP contribution in [0.1, 0.15) is 0 Å². The average molecular weight is 702 g/mol. The van der Waals surface area contributed by atoms with Gasteiger partial charge in [0, 0.05) is 33.6 Å². The molecule has 0 aliphatic carbocycles.